The molecule has 1 heterocycles. The van der Waals surface area contributed by atoms with Gasteiger partial charge in [0.05, 0.1) is 0 Å². The Labute approximate surface area is 138 Å². The first-order valence-electron chi connectivity index (χ1n) is 7.40. The highest BCUT2D eigenvalue weighted by atomic mass is 16.7. The van der Waals surface area contributed by atoms with Crippen molar-refractivity contribution in [1.82, 2.24) is 0 Å². The van der Waals surface area contributed by atoms with Crippen LogP contribution in [0.25, 0.3) is 0 Å². The molecule has 0 atom stereocenters. The molecule has 0 saturated heterocycles. The van der Waals surface area contributed by atoms with Crippen LogP contribution in [-0.2, 0) is 9.53 Å². The molecule has 0 aromatic heterocycles. The molecule has 3 rings (SSSR count). The molecule has 0 fully saturated rings. The van der Waals surface area contributed by atoms with Crippen LogP contribution in [0.5, 0.6) is 17.2 Å². The predicted molar refractivity (Wildman–Crippen MR) is 84.5 cm³/mol. The van der Waals surface area contributed by atoms with Crippen molar-refractivity contribution in [2.75, 3.05) is 20.0 Å². The molecule has 0 unspecified atom stereocenters. The number of benzene rings is 2. The van der Waals surface area contributed by atoms with E-state index in [-0.39, 0.29) is 25.8 Å². The topological polar surface area (TPSA) is 71.1 Å². The van der Waals surface area contributed by atoms with Gasteiger partial charge in [-0.25, -0.2) is 4.79 Å². The molecule has 0 bridgehead atoms. The molecule has 6 heteroatoms. The van der Waals surface area contributed by atoms with Crippen molar-refractivity contribution in [3.8, 4) is 17.2 Å². The van der Waals surface area contributed by atoms with Crippen molar-refractivity contribution in [3.05, 3.63) is 53.6 Å². The largest absolute Gasteiger partial charge is 0.482 e. The van der Waals surface area contributed by atoms with Gasteiger partial charge < -0.3 is 18.9 Å². The number of para-hydroxylation sites is 1. The summed E-state index contributed by atoms with van der Waals surface area (Å²) in [4.78, 5) is 23.8. The van der Waals surface area contributed by atoms with Crippen LogP contribution in [0.2, 0.25) is 0 Å². The van der Waals surface area contributed by atoms with Gasteiger partial charge in [0, 0.05) is 5.56 Å². The third-order valence-electron chi connectivity index (χ3n) is 3.50. The first kappa shape index (κ1) is 15.9. The minimum atomic E-state index is -0.604. The van der Waals surface area contributed by atoms with Gasteiger partial charge in [-0.05, 0) is 36.8 Å². The summed E-state index contributed by atoms with van der Waals surface area (Å²) >= 11 is 0. The number of carbonyl (C=O) groups excluding carboxylic acids is 2. The molecule has 2 aromatic rings. The number of esters is 1. The molecular weight excluding hydrogens is 312 g/mol. The number of carbonyl (C=O) groups is 2. The Hall–Kier alpha value is -3.02. The van der Waals surface area contributed by atoms with Gasteiger partial charge in [0.2, 0.25) is 6.79 Å². The number of ketones is 1. The number of hydrogen-bond donors (Lipinski definition) is 0. The minimum absolute atomic E-state index is 0.137. The maximum Gasteiger partial charge on any atom is 0.344 e. The lowest BCUT2D eigenvalue weighted by atomic mass is 10.1. The van der Waals surface area contributed by atoms with E-state index in [9.17, 15) is 9.59 Å². The Morgan fingerprint density at radius 1 is 1.04 bits per heavy atom. The van der Waals surface area contributed by atoms with Crippen molar-refractivity contribution in [1.29, 1.82) is 0 Å². The highest BCUT2D eigenvalue weighted by Gasteiger charge is 2.17. The van der Waals surface area contributed by atoms with Crippen molar-refractivity contribution in [3.63, 3.8) is 0 Å². The summed E-state index contributed by atoms with van der Waals surface area (Å²) in [6, 6.07) is 12.2. The summed E-state index contributed by atoms with van der Waals surface area (Å²) in [5.74, 6) is 0.784. The van der Waals surface area contributed by atoms with E-state index in [2.05, 4.69) is 0 Å². The number of aryl methyl sites for hydroxylation is 1. The average Bonchev–Trinajstić information content (AvgIpc) is 3.06. The number of fused-ring (bicyclic) bond motifs is 1. The van der Waals surface area contributed by atoms with Gasteiger partial charge in [0.1, 0.15) is 5.75 Å². The Bertz CT molecular complexity index is 768. The second kappa shape index (κ2) is 7.04. The van der Waals surface area contributed by atoms with Gasteiger partial charge in [-0.15, -0.1) is 0 Å². The smallest absolute Gasteiger partial charge is 0.344 e. The Morgan fingerprint density at radius 3 is 2.67 bits per heavy atom. The Balaban J connectivity index is 1.49. The molecule has 1 aliphatic heterocycles. The van der Waals surface area contributed by atoms with Crippen LogP contribution >= 0.6 is 0 Å². The van der Waals surface area contributed by atoms with Crippen LogP contribution in [0.15, 0.2) is 42.5 Å². The quantitative estimate of drug-likeness (QED) is 0.599. The maximum absolute atomic E-state index is 12.1. The zero-order chi connectivity index (χ0) is 16.9. The summed E-state index contributed by atoms with van der Waals surface area (Å²) in [6.07, 6.45) is 0. The fraction of sp³-hybridized carbons (Fsp3) is 0.222. The third kappa shape index (κ3) is 3.65. The summed E-state index contributed by atoms with van der Waals surface area (Å²) < 4.78 is 20.7. The van der Waals surface area contributed by atoms with Crippen molar-refractivity contribution < 1.29 is 28.5 Å². The Morgan fingerprint density at radius 2 is 1.83 bits per heavy atom. The normalized spacial score (nSPS) is 11.9. The number of Topliss-reactive ketones (excluding diaryl/α,β-unsaturated/α-hetero) is 1. The van der Waals surface area contributed by atoms with Gasteiger partial charge in [-0.1, -0.05) is 18.2 Å². The van der Waals surface area contributed by atoms with Crippen LogP contribution in [0, 0.1) is 6.92 Å². The lowest BCUT2D eigenvalue weighted by Crippen LogP contribution is -2.19. The maximum atomic E-state index is 12.1. The van der Waals surface area contributed by atoms with Crippen LogP contribution in [0.1, 0.15) is 15.9 Å². The molecule has 2 aromatic carbocycles. The molecule has 6 nitrogen and oxygen atoms in total. The highest BCUT2D eigenvalue weighted by molar-refractivity contribution is 5.98. The molecule has 0 N–H and O–H groups in total. The fourth-order valence-electron chi connectivity index (χ4n) is 2.20. The standard InChI is InChI=1S/C18H16O6/c1-12-4-2-3-5-15(12)21-10-18(20)22-9-14(19)13-6-7-16-17(8-13)24-11-23-16/h2-8H,9-11H2,1H3. The second-order valence-corrected chi connectivity index (χ2v) is 5.21. The first-order chi connectivity index (χ1) is 11.6. The summed E-state index contributed by atoms with van der Waals surface area (Å²) in [5.41, 5.74) is 1.31. The van der Waals surface area contributed by atoms with E-state index in [1.165, 1.54) is 0 Å². The molecule has 0 aliphatic carbocycles. The van der Waals surface area contributed by atoms with E-state index in [1.54, 1.807) is 24.3 Å². The van der Waals surface area contributed by atoms with Gasteiger partial charge >= 0.3 is 5.97 Å². The second-order valence-electron chi connectivity index (χ2n) is 5.21. The van der Waals surface area contributed by atoms with E-state index in [0.717, 1.165) is 5.56 Å². The molecule has 0 saturated carbocycles. The molecular formula is C18H16O6. The highest BCUT2D eigenvalue weighted by Crippen LogP contribution is 2.32. The average molecular weight is 328 g/mol. The molecule has 0 amide bonds. The van der Waals surface area contributed by atoms with E-state index in [0.29, 0.717) is 22.8 Å². The molecule has 124 valence electrons. The zero-order valence-electron chi connectivity index (χ0n) is 13.1. The third-order valence-corrected chi connectivity index (χ3v) is 3.50. The molecule has 0 spiro atoms. The van der Waals surface area contributed by atoms with Crippen molar-refractivity contribution >= 4 is 11.8 Å². The van der Waals surface area contributed by atoms with Gasteiger partial charge in [-0.2, -0.15) is 0 Å². The van der Waals surface area contributed by atoms with Crippen LogP contribution in [0.4, 0.5) is 0 Å². The number of rotatable bonds is 6. The van der Waals surface area contributed by atoms with Crippen LogP contribution in [-0.4, -0.2) is 31.8 Å². The van der Waals surface area contributed by atoms with Gasteiger partial charge in [0.25, 0.3) is 0 Å². The van der Waals surface area contributed by atoms with Crippen molar-refractivity contribution in [2.24, 2.45) is 0 Å². The van der Waals surface area contributed by atoms with E-state index >= 15 is 0 Å². The van der Waals surface area contributed by atoms with Crippen LogP contribution in [0.3, 0.4) is 0 Å². The summed E-state index contributed by atoms with van der Waals surface area (Å²) in [5, 5.41) is 0. The number of hydrogen-bond acceptors (Lipinski definition) is 6. The van der Waals surface area contributed by atoms with E-state index < -0.39 is 5.97 Å². The fourth-order valence-corrected chi connectivity index (χ4v) is 2.20. The predicted octanol–water partition coefficient (Wildman–Crippen LogP) is 2.53. The minimum Gasteiger partial charge on any atom is -0.482 e. The SMILES string of the molecule is Cc1ccccc1OCC(=O)OCC(=O)c1ccc2c(c1)OCO2. The van der Waals surface area contributed by atoms with Gasteiger partial charge in [-0.3, -0.25) is 4.79 Å². The first-order valence-corrected chi connectivity index (χ1v) is 7.40. The Kier molecular flexibility index (Phi) is 4.65. The molecule has 0 radical (unpaired) electrons. The molecule has 1 aliphatic rings. The summed E-state index contributed by atoms with van der Waals surface area (Å²) in [7, 11) is 0. The van der Waals surface area contributed by atoms with E-state index in [1.807, 2.05) is 25.1 Å². The number of ether oxygens (including phenoxy) is 4. The lowest BCUT2D eigenvalue weighted by Gasteiger charge is -2.08. The summed E-state index contributed by atoms with van der Waals surface area (Å²) in [6.45, 7) is 1.41. The monoisotopic (exact) mass is 328 g/mol. The lowest BCUT2D eigenvalue weighted by molar-refractivity contribution is -0.144. The molecule has 24 heavy (non-hydrogen) atoms. The van der Waals surface area contributed by atoms with Crippen LogP contribution < -0.4 is 14.2 Å². The van der Waals surface area contributed by atoms with Crippen molar-refractivity contribution in [2.45, 2.75) is 6.92 Å². The van der Waals surface area contributed by atoms with E-state index in [4.69, 9.17) is 18.9 Å². The zero-order valence-corrected chi connectivity index (χ0v) is 13.1. The van der Waals surface area contributed by atoms with Gasteiger partial charge in [0.15, 0.2) is 30.5 Å².